The minimum Gasteiger partial charge on any atom is -0.310 e. The van der Waals surface area contributed by atoms with E-state index in [4.69, 9.17) is 0 Å². The largest absolute Gasteiger partial charge is 0.310 e. The zero-order valence-electron chi connectivity index (χ0n) is 23.2. The Morgan fingerprint density at radius 2 is 0.977 bits per heavy atom. The van der Waals surface area contributed by atoms with E-state index in [9.17, 15) is 0 Å². The lowest BCUT2D eigenvalue weighted by Crippen LogP contribution is -2.10. The Kier molecular flexibility index (Phi) is 5.62. The van der Waals surface area contributed by atoms with Gasteiger partial charge in [0.15, 0.2) is 0 Å². The molecule has 0 saturated heterocycles. The van der Waals surface area contributed by atoms with Crippen molar-refractivity contribution in [3.63, 3.8) is 0 Å². The zero-order chi connectivity index (χ0) is 28.3. The molecule has 0 bridgehead atoms. The summed E-state index contributed by atoms with van der Waals surface area (Å²) in [6, 6.07) is 55.5. The highest BCUT2D eigenvalue weighted by Crippen LogP contribution is 2.44. The number of anilines is 3. The van der Waals surface area contributed by atoms with Crippen LogP contribution >= 0.6 is 22.7 Å². The summed E-state index contributed by atoms with van der Waals surface area (Å²) in [5.41, 5.74) is 5.88. The van der Waals surface area contributed by atoms with E-state index in [0.29, 0.717) is 0 Å². The molecule has 2 heterocycles. The normalized spacial score (nSPS) is 11.7. The van der Waals surface area contributed by atoms with Crippen LogP contribution in [-0.4, -0.2) is 0 Å². The number of fused-ring (bicyclic) bond motifs is 8. The first-order valence-corrected chi connectivity index (χ1v) is 16.1. The lowest BCUT2D eigenvalue weighted by Gasteiger charge is -2.26. The van der Waals surface area contributed by atoms with E-state index in [2.05, 4.69) is 157 Å². The molecule has 9 aromatic rings. The van der Waals surface area contributed by atoms with Crippen LogP contribution in [0.5, 0.6) is 0 Å². The van der Waals surface area contributed by atoms with Crippen molar-refractivity contribution in [2.45, 2.75) is 0 Å². The van der Waals surface area contributed by atoms with Gasteiger partial charge >= 0.3 is 0 Å². The Morgan fingerprint density at radius 3 is 1.86 bits per heavy atom. The first-order chi connectivity index (χ1) is 21.3. The summed E-state index contributed by atoms with van der Waals surface area (Å²) in [5, 5.41) is 7.86. The van der Waals surface area contributed by atoms with Crippen molar-refractivity contribution in [3.8, 4) is 11.1 Å². The lowest BCUT2D eigenvalue weighted by molar-refractivity contribution is 1.30. The van der Waals surface area contributed by atoms with Crippen molar-refractivity contribution in [3.05, 3.63) is 152 Å². The maximum absolute atomic E-state index is 2.42. The Hall–Kier alpha value is -4.96. The SMILES string of the molecule is c1ccc(-c2cccc(N(c3ccc4c(c3)sc3ccccc34)c3ccc4ccc5sc6ccccc6c5c4c3)c2)cc1. The minimum atomic E-state index is 1.14. The highest BCUT2D eigenvalue weighted by molar-refractivity contribution is 7.26. The maximum Gasteiger partial charge on any atom is 0.0476 e. The summed E-state index contributed by atoms with van der Waals surface area (Å²) >= 11 is 3.74. The Bertz CT molecular complexity index is 2470. The van der Waals surface area contributed by atoms with E-state index in [-0.39, 0.29) is 0 Å². The third kappa shape index (κ3) is 4.04. The molecule has 0 saturated carbocycles. The molecule has 0 aliphatic carbocycles. The summed E-state index contributed by atoms with van der Waals surface area (Å²) < 4.78 is 5.29. The van der Waals surface area contributed by atoms with E-state index >= 15 is 0 Å². The monoisotopic (exact) mass is 583 g/mol. The Morgan fingerprint density at radius 1 is 0.349 bits per heavy atom. The second kappa shape index (κ2) is 9.81. The maximum atomic E-state index is 2.42. The van der Waals surface area contributed by atoms with Gasteiger partial charge in [-0.3, -0.25) is 0 Å². The van der Waals surface area contributed by atoms with Gasteiger partial charge in [-0.2, -0.15) is 0 Å². The van der Waals surface area contributed by atoms with E-state index in [1.165, 1.54) is 62.2 Å². The van der Waals surface area contributed by atoms with Crippen LogP contribution in [0.25, 0.3) is 62.2 Å². The van der Waals surface area contributed by atoms with E-state index in [1.807, 2.05) is 22.7 Å². The molecule has 1 nitrogen and oxygen atoms in total. The van der Waals surface area contributed by atoms with Crippen LogP contribution in [0.1, 0.15) is 0 Å². The number of thiophene rings is 2. The van der Waals surface area contributed by atoms with Gasteiger partial charge < -0.3 is 4.90 Å². The zero-order valence-corrected chi connectivity index (χ0v) is 24.8. The number of benzene rings is 7. The molecule has 0 fully saturated rings. The molecular weight excluding hydrogens is 559 g/mol. The Balaban J connectivity index is 1.30. The topological polar surface area (TPSA) is 3.24 Å². The molecule has 2 aromatic heterocycles. The van der Waals surface area contributed by atoms with Crippen LogP contribution in [-0.2, 0) is 0 Å². The molecule has 7 aromatic carbocycles. The van der Waals surface area contributed by atoms with Gasteiger partial charge in [0.1, 0.15) is 0 Å². The molecule has 3 heteroatoms. The van der Waals surface area contributed by atoms with Gasteiger partial charge in [-0.15, -0.1) is 22.7 Å². The molecular formula is C40H25NS2. The van der Waals surface area contributed by atoms with Gasteiger partial charge in [0.05, 0.1) is 0 Å². The molecule has 0 radical (unpaired) electrons. The summed E-state index contributed by atoms with van der Waals surface area (Å²) in [6.45, 7) is 0. The van der Waals surface area contributed by atoms with Crippen LogP contribution in [0.3, 0.4) is 0 Å². The predicted octanol–water partition coefficient (Wildman–Crippen LogP) is 12.7. The highest BCUT2D eigenvalue weighted by Gasteiger charge is 2.17. The van der Waals surface area contributed by atoms with Crippen LogP contribution in [0, 0.1) is 0 Å². The quantitative estimate of drug-likeness (QED) is 0.199. The first kappa shape index (κ1) is 24.6. The minimum absolute atomic E-state index is 1.14. The molecule has 202 valence electrons. The summed E-state index contributed by atoms with van der Waals surface area (Å²) in [4.78, 5) is 2.42. The average Bonchev–Trinajstić information content (AvgIpc) is 3.64. The van der Waals surface area contributed by atoms with E-state index in [0.717, 1.165) is 17.1 Å². The van der Waals surface area contributed by atoms with E-state index in [1.54, 1.807) is 0 Å². The van der Waals surface area contributed by atoms with Gasteiger partial charge in [-0.05, 0) is 76.5 Å². The summed E-state index contributed by atoms with van der Waals surface area (Å²) in [7, 11) is 0. The number of hydrogen-bond acceptors (Lipinski definition) is 3. The molecule has 0 aliphatic heterocycles. The summed E-state index contributed by atoms with van der Waals surface area (Å²) in [6.07, 6.45) is 0. The van der Waals surface area contributed by atoms with Gasteiger partial charge in [0.25, 0.3) is 0 Å². The fourth-order valence-corrected chi connectivity index (χ4v) is 8.69. The predicted molar refractivity (Wildman–Crippen MR) is 190 cm³/mol. The van der Waals surface area contributed by atoms with Crippen molar-refractivity contribution in [1.82, 2.24) is 0 Å². The van der Waals surface area contributed by atoms with Crippen molar-refractivity contribution in [2.24, 2.45) is 0 Å². The molecule has 43 heavy (non-hydrogen) atoms. The van der Waals surface area contributed by atoms with Crippen LogP contribution in [0.2, 0.25) is 0 Å². The molecule has 0 N–H and O–H groups in total. The fourth-order valence-electron chi connectivity index (χ4n) is 6.43. The van der Waals surface area contributed by atoms with E-state index < -0.39 is 0 Å². The van der Waals surface area contributed by atoms with Crippen molar-refractivity contribution < 1.29 is 0 Å². The Labute approximate surface area is 257 Å². The lowest BCUT2D eigenvalue weighted by atomic mass is 10.0. The molecule has 9 rings (SSSR count). The average molecular weight is 584 g/mol. The van der Waals surface area contributed by atoms with Crippen molar-refractivity contribution in [1.29, 1.82) is 0 Å². The molecule has 0 unspecified atom stereocenters. The van der Waals surface area contributed by atoms with Gasteiger partial charge in [0.2, 0.25) is 0 Å². The molecule has 0 atom stereocenters. The van der Waals surface area contributed by atoms with Crippen LogP contribution in [0.4, 0.5) is 17.1 Å². The smallest absolute Gasteiger partial charge is 0.0476 e. The third-order valence-electron chi connectivity index (χ3n) is 8.43. The first-order valence-electron chi connectivity index (χ1n) is 14.5. The van der Waals surface area contributed by atoms with Crippen molar-refractivity contribution in [2.75, 3.05) is 4.90 Å². The van der Waals surface area contributed by atoms with Crippen LogP contribution in [0.15, 0.2) is 152 Å². The third-order valence-corrected chi connectivity index (χ3v) is 10.7. The number of rotatable bonds is 4. The van der Waals surface area contributed by atoms with Gasteiger partial charge in [0, 0.05) is 57.4 Å². The molecule has 0 spiro atoms. The standard InChI is InChI=1S/C40H25NS2/c1-2-9-26(10-3-1)28-11-8-12-29(23-28)41(31-20-21-33-32-13-4-6-15-36(32)43-39(33)25-31)30-19-17-27-18-22-38-40(35(27)24-30)34-14-5-7-16-37(34)42-38/h1-25H. The fraction of sp³-hybridized carbons (Fsp3) is 0. The summed E-state index contributed by atoms with van der Waals surface area (Å²) in [5.74, 6) is 0. The van der Waals surface area contributed by atoms with Crippen molar-refractivity contribution >= 4 is 90.9 Å². The van der Waals surface area contributed by atoms with Gasteiger partial charge in [-0.25, -0.2) is 0 Å². The second-order valence-electron chi connectivity index (χ2n) is 11.0. The second-order valence-corrected chi connectivity index (χ2v) is 13.1. The van der Waals surface area contributed by atoms with Gasteiger partial charge in [-0.1, -0.05) is 97.1 Å². The number of nitrogens with zero attached hydrogens (tertiary/aromatic N) is 1. The van der Waals surface area contributed by atoms with Crippen LogP contribution < -0.4 is 4.90 Å². The molecule has 0 aliphatic rings. The highest BCUT2D eigenvalue weighted by atomic mass is 32.1. The number of hydrogen-bond donors (Lipinski definition) is 0. The molecule has 0 amide bonds.